The number of ether oxygens (including phenoxy) is 1. The highest BCUT2D eigenvalue weighted by Crippen LogP contribution is 2.20. The van der Waals surface area contributed by atoms with Crippen LogP contribution < -0.4 is 5.32 Å². The van der Waals surface area contributed by atoms with E-state index in [2.05, 4.69) is 20.3 Å². The highest BCUT2D eigenvalue weighted by Gasteiger charge is 2.09. The van der Waals surface area contributed by atoms with Gasteiger partial charge in [-0.3, -0.25) is 0 Å². The Morgan fingerprint density at radius 2 is 2.18 bits per heavy atom. The first-order chi connectivity index (χ1) is 8.22. The molecule has 2 heterocycles. The van der Waals surface area contributed by atoms with Gasteiger partial charge in [0.25, 0.3) is 0 Å². The minimum Gasteiger partial charge on any atom is -0.378 e. The Kier molecular flexibility index (Phi) is 3.65. The van der Waals surface area contributed by atoms with Crippen LogP contribution in [0.15, 0.2) is 11.4 Å². The molecule has 2 rings (SSSR count). The van der Waals surface area contributed by atoms with Gasteiger partial charge in [0.2, 0.25) is 0 Å². The summed E-state index contributed by atoms with van der Waals surface area (Å²) in [5.74, 6) is 1.40. The van der Waals surface area contributed by atoms with Gasteiger partial charge in [0.15, 0.2) is 5.82 Å². The van der Waals surface area contributed by atoms with Gasteiger partial charge in [-0.15, -0.1) is 11.3 Å². The highest BCUT2D eigenvalue weighted by atomic mass is 32.1. The van der Waals surface area contributed by atoms with Gasteiger partial charge in [0.05, 0.1) is 17.3 Å². The molecule has 0 atom stereocenters. The molecule has 2 aromatic heterocycles. The van der Waals surface area contributed by atoms with Crippen molar-refractivity contribution in [3.8, 4) is 11.5 Å². The molecule has 0 spiro atoms. The molecule has 0 aliphatic carbocycles. The summed E-state index contributed by atoms with van der Waals surface area (Å²) in [5, 5.41) is 5.98. The molecule has 0 saturated heterocycles. The fourth-order valence-electron chi connectivity index (χ4n) is 1.43. The second-order valence-corrected chi connectivity index (χ2v) is 4.57. The monoisotopic (exact) mass is 250 g/mol. The van der Waals surface area contributed by atoms with Crippen molar-refractivity contribution < 1.29 is 4.74 Å². The number of aryl methyl sites for hydroxylation is 1. The van der Waals surface area contributed by atoms with Crippen molar-refractivity contribution in [1.82, 2.24) is 15.0 Å². The van der Waals surface area contributed by atoms with E-state index in [1.807, 2.05) is 25.4 Å². The third-order valence-electron chi connectivity index (χ3n) is 2.18. The van der Waals surface area contributed by atoms with Gasteiger partial charge in [-0.05, 0) is 6.92 Å². The second kappa shape index (κ2) is 5.20. The number of rotatable bonds is 4. The van der Waals surface area contributed by atoms with E-state index in [-0.39, 0.29) is 0 Å². The Labute approximate surface area is 104 Å². The third-order valence-corrected chi connectivity index (χ3v) is 2.95. The van der Waals surface area contributed by atoms with E-state index in [0.717, 1.165) is 22.2 Å². The number of aromatic nitrogens is 3. The van der Waals surface area contributed by atoms with Gasteiger partial charge in [0, 0.05) is 25.6 Å². The quantitative estimate of drug-likeness (QED) is 0.900. The summed E-state index contributed by atoms with van der Waals surface area (Å²) >= 11 is 1.59. The largest absolute Gasteiger partial charge is 0.378 e. The summed E-state index contributed by atoms with van der Waals surface area (Å²) in [6.45, 7) is 2.43. The Morgan fingerprint density at radius 1 is 1.35 bits per heavy atom. The summed E-state index contributed by atoms with van der Waals surface area (Å²) in [4.78, 5) is 13.2. The maximum absolute atomic E-state index is 5.09. The van der Waals surface area contributed by atoms with Crippen molar-refractivity contribution in [3.63, 3.8) is 0 Å². The average molecular weight is 250 g/mol. The smallest absolute Gasteiger partial charge is 0.181 e. The van der Waals surface area contributed by atoms with Crippen LogP contribution in [0.4, 0.5) is 5.82 Å². The standard InChI is InChI=1S/C11H14N4OS/c1-7-13-9(6-17-7)11-14-8(5-16-3)4-10(12-2)15-11/h4,6H,5H2,1-3H3,(H,12,14,15). The fourth-order valence-corrected chi connectivity index (χ4v) is 2.02. The van der Waals surface area contributed by atoms with Crippen LogP contribution in [-0.2, 0) is 11.3 Å². The maximum atomic E-state index is 5.09. The zero-order valence-corrected chi connectivity index (χ0v) is 10.8. The molecule has 0 unspecified atom stereocenters. The molecule has 0 saturated carbocycles. The molecule has 0 fully saturated rings. The maximum Gasteiger partial charge on any atom is 0.181 e. The Morgan fingerprint density at radius 3 is 2.76 bits per heavy atom. The molecular weight excluding hydrogens is 236 g/mol. The van der Waals surface area contributed by atoms with Crippen LogP contribution in [0.1, 0.15) is 10.7 Å². The molecule has 90 valence electrons. The molecule has 0 radical (unpaired) electrons. The summed E-state index contributed by atoms with van der Waals surface area (Å²) in [6.07, 6.45) is 0. The SMILES string of the molecule is CNc1cc(COC)nc(-c2csc(C)n2)n1. The van der Waals surface area contributed by atoms with Crippen LogP contribution >= 0.6 is 11.3 Å². The van der Waals surface area contributed by atoms with Crippen molar-refractivity contribution in [2.45, 2.75) is 13.5 Å². The van der Waals surface area contributed by atoms with Gasteiger partial charge in [-0.25, -0.2) is 15.0 Å². The first-order valence-corrected chi connectivity index (χ1v) is 6.08. The van der Waals surface area contributed by atoms with Crippen LogP contribution in [0.5, 0.6) is 0 Å². The van der Waals surface area contributed by atoms with Crippen LogP contribution in [0, 0.1) is 6.92 Å². The predicted octanol–water partition coefficient (Wildman–Crippen LogP) is 2.10. The van der Waals surface area contributed by atoms with E-state index in [4.69, 9.17) is 4.74 Å². The van der Waals surface area contributed by atoms with E-state index >= 15 is 0 Å². The summed E-state index contributed by atoms with van der Waals surface area (Å²) < 4.78 is 5.09. The van der Waals surface area contributed by atoms with Crippen molar-refractivity contribution in [3.05, 3.63) is 22.1 Å². The van der Waals surface area contributed by atoms with Gasteiger partial charge in [0.1, 0.15) is 11.5 Å². The first-order valence-electron chi connectivity index (χ1n) is 5.20. The molecule has 17 heavy (non-hydrogen) atoms. The zero-order valence-electron chi connectivity index (χ0n) is 10.0. The van der Waals surface area contributed by atoms with E-state index in [9.17, 15) is 0 Å². The number of nitrogens with zero attached hydrogens (tertiary/aromatic N) is 3. The van der Waals surface area contributed by atoms with Crippen molar-refractivity contribution in [2.75, 3.05) is 19.5 Å². The van der Waals surface area contributed by atoms with Crippen LogP contribution in [0.25, 0.3) is 11.5 Å². The lowest BCUT2D eigenvalue weighted by Gasteiger charge is -2.05. The number of hydrogen-bond donors (Lipinski definition) is 1. The van der Waals surface area contributed by atoms with Crippen molar-refractivity contribution >= 4 is 17.2 Å². The van der Waals surface area contributed by atoms with Crippen LogP contribution in [-0.4, -0.2) is 29.1 Å². The van der Waals surface area contributed by atoms with E-state index in [0.29, 0.717) is 12.4 Å². The van der Waals surface area contributed by atoms with E-state index in [1.54, 1.807) is 18.4 Å². The van der Waals surface area contributed by atoms with Gasteiger partial charge in [-0.1, -0.05) is 0 Å². The minimum atomic E-state index is 0.466. The lowest BCUT2D eigenvalue weighted by atomic mass is 10.3. The Bertz CT molecular complexity index is 512. The number of anilines is 1. The van der Waals surface area contributed by atoms with Gasteiger partial charge >= 0.3 is 0 Å². The molecule has 0 aliphatic heterocycles. The molecule has 0 amide bonds. The Hall–Kier alpha value is -1.53. The summed E-state index contributed by atoms with van der Waals surface area (Å²) in [5.41, 5.74) is 1.65. The van der Waals surface area contributed by atoms with E-state index in [1.165, 1.54) is 0 Å². The number of thiazole rings is 1. The van der Waals surface area contributed by atoms with E-state index < -0.39 is 0 Å². The number of hydrogen-bond acceptors (Lipinski definition) is 6. The van der Waals surface area contributed by atoms with Gasteiger partial charge < -0.3 is 10.1 Å². The van der Waals surface area contributed by atoms with Crippen LogP contribution in [0.3, 0.4) is 0 Å². The summed E-state index contributed by atoms with van der Waals surface area (Å²) in [6, 6.07) is 1.87. The topological polar surface area (TPSA) is 59.9 Å². The molecule has 5 nitrogen and oxygen atoms in total. The minimum absolute atomic E-state index is 0.466. The predicted molar refractivity (Wildman–Crippen MR) is 68.1 cm³/mol. The first kappa shape index (κ1) is 11.9. The normalized spacial score (nSPS) is 10.5. The molecule has 6 heteroatoms. The highest BCUT2D eigenvalue weighted by molar-refractivity contribution is 7.09. The van der Waals surface area contributed by atoms with Gasteiger partial charge in [-0.2, -0.15) is 0 Å². The lowest BCUT2D eigenvalue weighted by Crippen LogP contribution is -2.02. The second-order valence-electron chi connectivity index (χ2n) is 3.50. The number of nitrogens with one attached hydrogen (secondary N) is 1. The Balaban J connectivity index is 2.42. The molecule has 0 aliphatic rings. The molecule has 0 bridgehead atoms. The number of methoxy groups -OCH3 is 1. The summed E-state index contributed by atoms with van der Waals surface area (Å²) in [7, 11) is 3.48. The van der Waals surface area contributed by atoms with Crippen molar-refractivity contribution in [1.29, 1.82) is 0 Å². The molecule has 0 aromatic carbocycles. The lowest BCUT2D eigenvalue weighted by molar-refractivity contribution is 0.181. The zero-order chi connectivity index (χ0) is 12.3. The molecule has 2 aromatic rings. The average Bonchev–Trinajstić information content (AvgIpc) is 2.76. The molecule has 1 N–H and O–H groups in total. The fraction of sp³-hybridized carbons (Fsp3) is 0.364. The van der Waals surface area contributed by atoms with Crippen molar-refractivity contribution in [2.24, 2.45) is 0 Å². The molecular formula is C11H14N4OS. The third kappa shape index (κ3) is 2.78. The van der Waals surface area contributed by atoms with Crippen LogP contribution in [0.2, 0.25) is 0 Å².